The van der Waals surface area contributed by atoms with Crippen LogP contribution in [0.25, 0.3) is 11.1 Å². The Morgan fingerprint density at radius 3 is 2.45 bits per heavy atom. The minimum absolute atomic E-state index is 0.0401. The van der Waals surface area contributed by atoms with Crippen molar-refractivity contribution in [3.8, 4) is 11.1 Å². The number of ether oxygens (including phenoxy) is 1. The number of methoxy groups -OCH3 is 1. The molecule has 0 spiro atoms. The molecule has 0 atom stereocenters. The molecule has 4 nitrogen and oxygen atoms in total. The van der Waals surface area contributed by atoms with Crippen LogP contribution in [0, 0.1) is 5.82 Å². The van der Waals surface area contributed by atoms with Gasteiger partial charge in [0.25, 0.3) is 0 Å². The molecule has 0 radical (unpaired) electrons. The van der Waals surface area contributed by atoms with Gasteiger partial charge in [0.2, 0.25) is 0 Å². The lowest BCUT2D eigenvalue weighted by molar-refractivity contribution is 0.112. The van der Waals surface area contributed by atoms with E-state index >= 15 is 0 Å². The molecular formula is C17H19FN2O2. The van der Waals surface area contributed by atoms with E-state index in [-0.39, 0.29) is 18.3 Å². The Bertz CT molecular complexity index is 682. The Balaban J connectivity index is 2.81. The molecule has 2 rings (SSSR count). The van der Waals surface area contributed by atoms with Gasteiger partial charge in [0.05, 0.1) is 12.3 Å². The molecule has 0 bridgehead atoms. The third-order valence-electron chi connectivity index (χ3n) is 3.48. The molecule has 5 heteroatoms. The summed E-state index contributed by atoms with van der Waals surface area (Å²) in [6.45, 7) is 4.11. The van der Waals surface area contributed by atoms with Crippen LogP contribution in [0.5, 0.6) is 0 Å². The molecule has 0 aliphatic rings. The predicted octanol–water partition coefficient (Wildman–Crippen LogP) is 3.55. The van der Waals surface area contributed by atoms with Crippen LogP contribution < -0.4 is 5.73 Å². The molecule has 2 aromatic rings. The van der Waals surface area contributed by atoms with E-state index in [4.69, 9.17) is 10.5 Å². The van der Waals surface area contributed by atoms with Gasteiger partial charge in [-0.1, -0.05) is 26.0 Å². The zero-order valence-corrected chi connectivity index (χ0v) is 12.9. The van der Waals surface area contributed by atoms with E-state index in [2.05, 4.69) is 4.98 Å². The van der Waals surface area contributed by atoms with Gasteiger partial charge in [-0.2, -0.15) is 0 Å². The monoisotopic (exact) mass is 302 g/mol. The molecule has 1 heterocycles. The zero-order chi connectivity index (χ0) is 16.3. The Hall–Kier alpha value is -2.27. The molecule has 0 fully saturated rings. The number of anilines is 1. The lowest BCUT2D eigenvalue weighted by Gasteiger charge is -2.19. The van der Waals surface area contributed by atoms with Crippen LogP contribution in [0.4, 0.5) is 10.2 Å². The van der Waals surface area contributed by atoms with Gasteiger partial charge in [-0.05, 0) is 23.6 Å². The second-order valence-electron chi connectivity index (χ2n) is 5.36. The summed E-state index contributed by atoms with van der Waals surface area (Å²) in [5, 5.41) is 0. The number of nitrogens with two attached hydrogens (primary N) is 1. The third-order valence-corrected chi connectivity index (χ3v) is 3.48. The van der Waals surface area contributed by atoms with Gasteiger partial charge < -0.3 is 10.5 Å². The van der Waals surface area contributed by atoms with Crippen molar-refractivity contribution in [2.75, 3.05) is 12.8 Å². The quantitative estimate of drug-likeness (QED) is 0.858. The molecule has 1 aromatic heterocycles. The molecule has 0 aliphatic carbocycles. The van der Waals surface area contributed by atoms with E-state index in [1.807, 2.05) is 13.8 Å². The molecule has 0 saturated carbocycles. The SMILES string of the molecule is COCc1c(N)nc(C(C)C)c(C=O)c1-c1ccc(F)cc1. The van der Waals surface area contributed by atoms with Crippen LogP contribution in [0.1, 0.15) is 41.4 Å². The van der Waals surface area contributed by atoms with Crippen molar-refractivity contribution in [3.05, 3.63) is 46.9 Å². The lowest BCUT2D eigenvalue weighted by Crippen LogP contribution is -2.10. The summed E-state index contributed by atoms with van der Waals surface area (Å²) in [5.74, 6) is 0.0320. The summed E-state index contributed by atoms with van der Waals surface area (Å²) in [6.07, 6.45) is 0.777. The standard InChI is InChI=1S/C17H19FN2O2/c1-10(2)16-13(8-21)15(11-4-6-12(18)7-5-11)14(9-22-3)17(19)20-16/h4-8,10H,9H2,1-3H3,(H2,19,20). The average molecular weight is 302 g/mol. The number of rotatable bonds is 5. The minimum Gasteiger partial charge on any atom is -0.383 e. The maximum absolute atomic E-state index is 13.2. The number of halogens is 1. The smallest absolute Gasteiger partial charge is 0.152 e. The molecule has 0 unspecified atom stereocenters. The third kappa shape index (κ3) is 2.99. The van der Waals surface area contributed by atoms with Gasteiger partial charge in [-0.15, -0.1) is 0 Å². The summed E-state index contributed by atoms with van der Waals surface area (Å²) < 4.78 is 18.4. The van der Waals surface area contributed by atoms with Gasteiger partial charge in [0.1, 0.15) is 11.6 Å². The van der Waals surface area contributed by atoms with Crippen molar-refractivity contribution in [2.24, 2.45) is 0 Å². The second-order valence-corrected chi connectivity index (χ2v) is 5.36. The van der Waals surface area contributed by atoms with E-state index < -0.39 is 0 Å². The minimum atomic E-state index is -0.337. The number of hydrogen-bond acceptors (Lipinski definition) is 4. The largest absolute Gasteiger partial charge is 0.383 e. The van der Waals surface area contributed by atoms with Crippen molar-refractivity contribution in [1.29, 1.82) is 0 Å². The van der Waals surface area contributed by atoms with Gasteiger partial charge in [-0.3, -0.25) is 4.79 Å². The van der Waals surface area contributed by atoms with Crippen molar-refractivity contribution in [1.82, 2.24) is 4.98 Å². The Labute approximate surface area is 129 Å². The lowest BCUT2D eigenvalue weighted by atomic mass is 9.91. The van der Waals surface area contributed by atoms with Gasteiger partial charge >= 0.3 is 0 Å². The van der Waals surface area contributed by atoms with Gasteiger partial charge in [0, 0.05) is 23.8 Å². The number of aromatic nitrogens is 1. The first-order valence-corrected chi connectivity index (χ1v) is 7.01. The summed E-state index contributed by atoms with van der Waals surface area (Å²) in [6, 6.07) is 5.96. The van der Waals surface area contributed by atoms with Crippen LogP contribution >= 0.6 is 0 Å². The zero-order valence-electron chi connectivity index (χ0n) is 12.9. The summed E-state index contributed by atoms with van der Waals surface area (Å²) in [4.78, 5) is 16.0. The van der Waals surface area contributed by atoms with Crippen LogP contribution in [0.3, 0.4) is 0 Å². The summed E-state index contributed by atoms with van der Waals surface area (Å²) in [7, 11) is 1.55. The van der Waals surface area contributed by atoms with E-state index in [0.717, 1.165) is 6.29 Å². The summed E-state index contributed by atoms with van der Waals surface area (Å²) >= 11 is 0. The first-order valence-electron chi connectivity index (χ1n) is 7.01. The molecule has 22 heavy (non-hydrogen) atoms. The molecule has 2 N–H and O–H groups in total. The second kappa shape index (κ2) is 6.66. The van der Waals surface area contributed by atoms with Crippen LogP contribution in [-0.2, 0) is 11.3 Å². The fraction of sp³-hybridized carbons (Fsp3) is 0.294. The maximum Gasteiger partial charge on any atom is 0.152 e. The fourth-order valence-electron chi connectivity index (χ4n) is 2.47. The van der Waals surface area contributed by atoms with Gasteiger partial charge in [0.15, 0.2) is 6.29 Å². The number of nitrogens with zero attached hydrogens (tertiary/aromatic N) is 1. The molecular weight excluding hydrogens is 283 g/mol. The topological polar surface area (TPSA) is 65.2 Å². The fourth-order valence-corrected chi connectivity index (χ4v) is 2.47. The number of aldehydes is 1. The van der Waals surface area contributed by atoms with E-state index in [1.165, 1.54) is 12.1 Å². The number of carbonyl (C=O) groups is 1. The van der Waals surface area contributed by atoms with Crippen molar-refractivity contribution in [3.63, 3.8) is 0 Å². The number of pyridine rings is 1. The first-order chi connectivity index (χ1) is 10.5. The van der Waals surface area contributed by atoms with Crippen molar-refractivity contribution >= 4 is 12.1 Å². The predicted molar refractivity (Wildman–Crippen MR) is 84.2 cm³/mol. The van der Waals surface area contributed by atoms with E-state index in [0.29, 0.717) is 33.8 Å². The Morgan fingerprint density at radius 2 is 1.95 bits per heavy atom. The van der Waals surface area contributed by atoms with Crippen LogP contribution in [-0.4, -0.2) is 18.4 Å². The molecule has 0 aliphatic heterocycles. The van der Waals surface area contributed by atoms with Crippen molar-refractivity contribution in [2.45, 2.75) is 26.4 Å². The van der Waals surface area contributed by atoms with E-state index in [9.17, 15) is 9.18 Å². The van der Waals surface area contributed by atoms with Gasteiger partial charge in [-0.25, -0.2) is 9.37 Å². The molecule has 0 saturated heterocycles. The number of benzene rings is 1. The molecule has 116 valence electrons. The maximum atomic E-state index is 13.2. The first kappa shape index (κ1) is 16.1. The van der Waals surface area contributed by atoms with Crippen LogP contribution in [0.2, 0.25) is 0 Å². The Morgan fingerprint density at radius 1 is 1.32 bits per heavy atom. The number of carbonyl (C=O) groups excluding carboxylic acids is 1. The molecule has 1 aromatic carbocycles. The highest BCUT2D eigenvalue weighted by Crippen LogP contribution is 2.34. The number of hydrogen-bond donors (Lipinski definition) is 1. The molecule has 0 amide bonds. The Kier molecular flexibility index (Phi) is 4.88. The summed E-state index contributed by atoms with van der Waals surface area (Å²) in [5.41, 5.74) is 9.18. The van der Waals surface area contributed by atoms with Crippen molar-refractivity contribution < 1.29 is 13.9 Å². The highest BCUT2D eigenvalue weighted by atomic mass is 19.1. The number of nitrogen functional groups attached to an aromatic ring is 1. The van der Waals surface area contributed by atoms with Crippen LogP contribution in [0.15, 0.2) is 24.3 Å². The van der Waals surface area contributed by atoms with E-state index in [1.54, 1.807) is 19.2 Å². The average Bonchev–Trinajstić information content (AvgIpc) is 2.49. The normalized spacial score (nSPS) is 11.0. The highest BCUT2D eigenvalue weighted by Gasteiger charge is 2.21. The highest BCUT2D eigenvalue weighted by molar-refractivity contribution is 5.92.